The molecular weight excluding hydrogens is 415 g/mol. The quantitative estimate of drug-likeness (QED) is 0.705. The second kappa shape index (κ2) is 6.83. The number of fused-ring (bicyclic) bond motifs is 1. The van der Waals surface area contributed by atoms with Crippen molar-refractivity contribution < 1.29 is 22.5 Å². The molecule has 4 rings (SSSR count). The summed E-state index contributed by atoms with van der Waals surface area (Å²) in [4.78, 5) is 15.5. The van der Waals surface area contributed by atoms with Gasteiger partial charge in [-0.2, -0.15) is 0 Å². The Morgan fingerprint density at radius 2 is 1.74 bits per heavy atom. The lowest BCUT2D eigenvalue weighted by Crippen LogP contribution is -2.41. The van der Waals surface area contributed by atoms with E-state index in [9.17, 15) is 13.2 Å². The Balaban J connectivity index is 1.81. The average Bonchev–Trinajstić information content (AvgIpc) is 3.14. The molecule has 7 nitrogen and oxygen atoms in total. The number of nitrogens with two attached hydrogens (primary N) is 1. The van der Waals surface area contributed by atoms with Crippen LogP contribution in [0.5, 0.6) is 0 Å². The highest BCUT2D eigenvalue weighted by molar-refractivity contribution is 7.92. The summed E-state index contributed by atoms with van der Waals surface area (Å²) in [5.41, 5.74) is 7.43. The van der Waals surface area contributed by atoms with E-state index in [1.807, 2.05) is 40.0 Å². The molecule has 3 N–H and O–H groups in total. The zero-order valence-electron chi connectivity index (χ0n) is 19.0. The zero-order valence-corrected chi connectivity index (χ0v) is 19.9. The van der Waals surface area contributed by atoms with Crippen LogP contribution in [0.3, 0.4) is 0 Å². The van der Waals surface area contributed by atoms with Gasteiger partial charge in [-0.05, 0) is 77.4 Å². The van der Waals surface area contributed by atoms with Gasteiger partial charge < -0.3 is 20.0 Å². The summed E-state index contributed by atoms with van der Waals surface area (Å²) in [5.74, 6) is -0.332. The predicted molar refractivity (Wildman–Crippen MR) is 122 cm³/mol. The Bertz CT molecular complexity index is 1150. The van der Waals surface area contributed by atoms with Crippen LogP contribution in [0.15, 0.2) is 18.3 Å². The molecule has 1 unspecified atom stereocenters. The molecule has 1 atom stereocenters. The number of primary amides is 1. The molecule has 2 aromatic rings. The fourth-order valence-electron chi connectivity index (χ4n) is 4.58. The van der Waals surface area contributed by atoms with E-state index in [-0.39, 0.29) is 11.7 Å². The van der Waals surface area contributed by atoms with Crippen molar-refractivity contribution in [1.82, 2.24) is 4.98 Å². The van der Waals surface area contributed by atoms with E-state index in [1.165, 1.54) is 0 Å². The first-order valence-electron chi connectivity index (χ1n) is 10.7. The number of hydrogen-bond acceptors (Lipinski definition) is 5. The van der Waals surface area contributed by atoms with Crippen molar-refractivity contribution in [2.45, 2.75) is 76.3 Å². The Kier molecular flexibility index (Phi) is 4.93. The van der Waals surface area contributed by atoms with Gasteiger partial charge >= 0.3 is 7.12 Å². The number of carbonyl (C=O) groups excluding carboxylic acids is 1. The van der Waals surface area contributed by atoms with E-state index >= 15 is 0 Å². The molecule has 1 amide bonds. The lowest BCUT2D eigenvalue weighted by atomic mass is 9.76. The number of aromatic nitrogens is 1. The summed E-state index contributed by atoms with van der Waals surface area (Å²) < 4.78 is 36.5. The van der Waals surface area contributed by atoms with Gasteiger partial charge in [0.25, 0.3) is 5.91 Å². The van der Waals surface area contributed by atoms with Crippen molar-refractivity contribution >= 4 is 39.2 Å². The molecule has 0 saturated carbocycles. The lowest BCUT2D eigenvalue weighted by molar-refractivity contribution is 0.00578. The molecule has 2 fully saturated rings. The predicted octanol–water partition coefficient (Wildman–Crippen LogP) is 2.64. The first kappa shape index (κ1) is 22.4. The minimum Gasteiger partial charge on any atom is -0.399 e. The molecule has 0 bridgehead atoms. The van der Waals surface area contributed by atoms with Crippen molar-refractivity contribution in [2.75, 3.05) is 5.75 Å². The van der Waals surface area contributed by atoms with Crippen LogP contribution in [-0.2, 0) is 19.1 Å². The van der Waals surface area contributed by atoms with Crippen molar-refractivity contribution in [3.8, 4) is 0 Å². The van der Waals surface area contributed by atoms with E-state index in [0.717, 1.165) is 16.4 Å². The molecule has 2 aliphatic heterocycles. The van der Waals surface area contributed by atoms with E-state index in [0.29, 0.717) is 23.9 Å². The van der Waals surface area contributed by atoms with E-state index in [4.69, 9.17) is 15.0 Å². The third-order valence-corrected chi connectivity index (χ3v) is 10.0. The summed E-state index contributed by atoms with van der Waals surface area (Å²) in [5, 5.41) is 0.862. The topological polar surface area (TPSA) is 111 Å². The molecule has 0 aliphatic carbocycles. The van der Waals surface area contributed by atoms with Crippen molar-refractivity contribution in [3.63, 3.8) is 0 Å². The van der Waals surface area contributed by atoms with Gasteiger partial charge in [-0.3, -0.25) is 4.79 Å². The molecule has 1 aromatic carbocycles. The molecule has 3 heterocycles. The van der Waals surface area contributed by atoms with Crippen LogP contribution in [0.1, 0.15) is 76.2 Å². The van der Waals surface area contributed by atoms with Gasteiger partial charge in [-0.25, -0.2) is 8.42 Å². The largest absolute Gasteiger partial charge is 0.494 e. The molecule has 2 saturated heterocycles. The second-order valence-corrected chi connectivity index (χ2v) is 13.2. The molecule has 31 heavy (non-hydrogen) atoms. The molecule has 2 aliphatic rings. The van der Waals surface area contributed by atoms with Crippen molar-refractivity contribution in [3.05, 3.63) is 29.5 Å². The zero-order chi connectivity index (χ0) is 23.0. The Labute approximate surface area is 184 Å². The summed E-state index contributed by atoms with van der Waals surface area (Å²) in [6.07, 6.45) is 2.95. The lowest BCUT2D eigenvalue weighted by Gasteiger charge is -2.34. The Hall–Kier alpha value is -1.84. The number of H-pyrrole nitrogens is 1. The summed E-state index contributed by atoms with van der Waals surface area (Å²) in [6.45, 7) is 11.5. The monoisotopic (exact) mass is 446 g/mol. The van der Waals surface area contributed by atoms with Gasteiger partial charge in [-0.1, -0.05) is 6.07 Å². The third-order valence-electron chi connectivity index (χ3n) is 7.39. The fraction of sp³-hybridized carbons (Fsp3) is 0.591. The number of carbonyl (C=O) groups is 1. The number of hydrogen-bond donors (Lipinski definition) is 2. The SMILES string of the molecule is CC1(C)OB(c2cc(C(N)=O)c3[nH]cc(C4CCS(=O)(=O)C(C)(C)C4)c3c2)OC1(C)C. The van der Waals surface area contributed by atoms with Crippen LogP contribution in [0.2, 0.25) is 0 Å². The van der Waals surface area contributed by atoms with Gasteiger partial charge in [0.2, 0.25) is 0 Å². The Morgan fingerprint density at radius 1 is 1.13 bits per heavy atom. The summed E-state index contributed by atoms with van der Waals surface area (Å²) in [7, 11) is -3.76. The van der Waals surface area contributed by atoms with E-state index < -0.39 is 38.8 Å². The smallest absolute Gasteiger partial charge is 0.399 e. The van der Waals surface area contributed by atoms with Gasteiger partial charge in [-0.15, -0.1) is 0 Å². The fourth-order valence-corrected chi connectivity index (χ4v) is 6.19. The number of aromatic amines is 1. The Morgan fingerprint density at radius 3 is 2.29 bits per heavy atom. The molecule has 168 valence electrons. The molecule has 9 heteroatoms. The maximum Gasteiger partial charge on any atom is 0.494 e. The molecule has 0 radical (unpaired) electrons. The number of benzene rings is 1. The molecule has 0 spiro atoms. The number of nitrogens with one attached hydrogen (secondary N) is 1. The van der Waals surface area contributed by atoms with Gasteiger partial charge in [0, 0.05) is 11.6 Å². The number of sulfone groups is 1. The van der Waals surface area contributed by atoms with Crippen LogP contribution >= 0.6 is 0 Å². The maximum atomic E-state index is 12.5. The molecule has 1 aromatic heterocycles. The standard InChI is InChI=1S/C22H31BN2O5S/c1-20(2)11-13(7-8-31(20,27)28)17-12-25-18-15(17)9-14(10-16(18)19(24)26)23-29-21(3,4)22(5,6)30-23/h9-10,12-13,25H,7-8,11H2,1-6H3,(H2,24,26). The van der Waals surface area contributed by atoms with Crippen LogP contribution in [0.4, 0.5) is 0 Å². The normalized spacial score (nSPS) is 26.3. The van der Waals surface area contributed by atoms with Crippen LogP contribution in [0, 0.1) is 0 Å². The highest BCUT2D eigenvalue weighted by Gasteiger charge is 2.52. The minimum atomic E-state index is -3.13. The van der Waals surface area contributed by atoms with Crippen LogP contribution in [-0.4, -0.2) is 48.1 Å². The van der Waals surface area contributed by atoms with Gasteiger partial charge in [0.05, 0.1) is 32.8 Å². The first-order valence-corrected chi connectivity index (χ1v) is 12.3. The minimum absolute atomic E-state index is 0.0570. The van der Waals surface area contributed by atoms with Gasteiger partial charge in [0.1, 0.15) is 0 Å². The highest BCUT2D eigenvalue weighted by atomic mass is 32.2. The average molecular weight is 446 g/mol. The number of rotatable bonds is 3. The summed E-state index contributed by atoms with van der Waals surface area (Å²) in [6, 6.07) is 3.70. The maximum absolute atomic E-state index is 12.5. The summed E-state index contributed by atoms with van der Waals surface area (Å²) >= 11 is 0. The highest BCUT2D eigenvalue weighted by Crippen LogP contribution is 2.42. The van der Waals surface area contributed by atoms with Crippen molar-refractivity contribution in [2.24, 2.45) is 5.73 Å². The van der Waals surface area contributed by atoms with Crippen LogP contribution in [0.25, 0.3) is 10.9 Å². The van der Waals surface area contributed by atoms with E-state index in [2.05, 4.69) is 4.98 Å². The first-order chi connectivity index (χ1) is 14.2. The van der Waals surface area contributed by atoms with Crippen molar-refractivity contribution in [1.29, 1.82) is 0 Å². The molecular formula is C22H31BN2O5S. The van der Waals surface area contributed by atoms with E-state index in [1.54, 1.807) is 19.9 Å². The van der Waals surface area contributed by atoms with Crippen LogP contribution < -0.4 is 11.2 Å². The number of amides is 1. The second-order valence-electron chi connectivity index (χ2n) is 10.5. The third kappa shape index (κ3) is 3.51. The van der Waals surface area contributed by atoms with Gasteiger partial charge in [0.15, 0.2) is 9.84 Å².